The molecule has 0 saturated carbocycles. The van der Waals surface area contributed by atoms with Gasteiger partial charge in [-0.25, -0.2) is 0 Å². The molecule has 4 aromatic rings. The molecule has 22 heavy (non-hydrogen) atoms. The van der Waals surface area contributed by atoms with Gasteiger partial charge >= 0.3 is 0 Å². The van der Waals surface area contributed by atoms with E-state index in [0.717, 1.165) is 17.4 Å². The molecule has 5 rings (SSSR count). The van der Waals surface area contributed by atoms with Crippen molar-refractivity contribution < 1.29 is 10.2 Å². The first-order valence-electron chi connectivity index (χ1n) is 7.79. The maximum Gasteiger partial charge on any atom is 0.106 e. The molecule has 4 aromatic carbocycles. The van der Waals surface area contributed by atoms with Crippen LogP contribution in [-0.2, 0) is 6.42 Å². The molecule has 2 atom stereocenters. The number of aliphatic hydroxyl groups excluding tert-OH is 2. The summed E-state index contributed by atoms with van der Waals surface area (Å²) in [5.41, 5.74) is 2.09. The summed E-state index contributed by atoms with van der Waals surface area (Å²) in [7, 11) is 0. The van der Waals surface area contributed by atoms with Crippen molar-refractivity contribution in [3.8, 4) is 0 Å². The highest BCUT2D eigenvalue weighted by atomic mass is 16.3. The van der Waals surface area contributed by atoms with Crippen molar-refractivity contribution in [2.45, 2.75) is 25.0 Å². The predicted molar refractivity (Wildman–Crippen MR) is 89.4 cm³/mol. The second kappa shape index (κ2) is 4.19. The zero-order chi connectivity index (χ0) is 14.8. The molecule has 1 aliphatic rings. The van der Waals surface area contributed by atoms with Gasteiger partial charge in [0, 0.05) is 0 Å². The van der Waals surface area contributed by atoms with Gasteiger partial charge in [0.25, 0.3) is 0 Å². The zero-order valence-electron chi connectivity index (χ0n) is 12.1. The standard InChI is InChI=1S/C20H16O2/c21-16-9-7-14-10-13-5-4-11-2-1-3-12-6-8-15(18(13)17(11)12)19(14)20(16)22/h1-6,8,10,16,20-22H,7,9H2/t16-,20+/m0/s1. The van der Waals surface area contributed by atoms with Crippen LogP contribution < -0.4 is 0 Å². The fourth-order valence-corrected chi connectivity index (χ4v) is 4.10. The van der Waals surface area contributed by atoms with E-state index in [1.807, 2.05) is 0 Å². The second-order valence-electron chi connectivity index (χ2n) is 6.36. The number of rotatable bonds is 0. The molecule has 0 aliphatic heterocycles. The van der Waals surface area contributed by atoms with Crippen molar-refractivity contribution in [2.24, 2.45) is 0 Å². The molecule has 108 valence electrons. The zero-order valence-corrected chi connectivity index (χ0v) is 12.1. The Balaban J connectivity index is 2.04. The van der Waals surface area contributed by atoms with Crippen molar-refractivity contribution in [1.29, 1.82) is 0 Å². The number of benzene rings is 4. The molecule has 1 aliphatic carbocycles. The number of hydrogen-bond acceptors (Lipinski definition) is 2. The van der Waals surface area contributed by atoms with Gasteiger partial charge in [0.1, 0.15) is 6.10 Å². The molecule has 2 N–H and O–H groups in total. The number of aryl methyl sites for hydroxylation is 1. The summed E-state index contributed by atoms with van der Waals surface area (Å²) in [5, 5.41) is 27.8. The molecule has 0 unspecified atom stereocenters. The van der Waals surface area contributed by atoms with E-state index in [1.54, 1.807) is 0 Å². The Morgan fingerprint density at radius 2 is 1.55 bits per heavy atom. The molecule has 0 bridgehead atoms. The van der Waals surface area contributed by atoms with E-state index in [0.29, 0.717) is 6.42 Å². The van der Waals surface area contributed by atoms with Crippen molar-refractivity contribution in [1.82, 2.24) is 0 Å². The third kappa shape index (κ3) is 1.46. The van der Waals surface area contributed by atoms with Crippen molar-refractivity contribution in [3.63, 3.8) is 0 Å². The molecule has 0 aromatic heterocycles. The topological polar surface area (TPSA) is 40.5 Å². The van der Waals surface area contributed by atoms with Crippen LogP contribution in [0.5, 0.6) is 0 Å². The lowest BCUT2D eigenvalue weighted by molar-refractivity contribution is 0.00750. The Labute approximate surface area is 127 Å². The van der Waals surface area contributed by atoms with Gasteiger partial charge in [-0.15, -0.1) is 0 Å². The van der Waals surface area contributed by atoms with E-state index < -0.39 is 12.2 Å². The van der Waals surface area contributed by atoms with Crippen molar-refractivity contribution in [2.75, 3.05) is 0 Å². The van der Waals surface area contributed by atoms with Gasteiger partial charge in [0.2, 0.25) is 0 Å². The van der Waals surface area contributed by atoms with Crippen LogP contribution in [0.2, 0.25) is 0 Å². The lowest BCUT2D eigenvalue weighted by atomic mass is 9.81. The minimum absolute atomic E-state index is 0.627. The Morgan fingerprint density at radius 3 is 2.36 bits per heavy atom. The van der Waals surface area contributed by atoms with Gasteiger partial charge in [-0.1, -0.05) is 48.5 Å². The van der Waals surface area contributed by atoms with Crippen LogP contribution in [0.1, 0.15) is 23.7 Å². The molecule has 0 saturated heterocycles. The Hall–Kier alpha value is -2.16. The lowest BCUT2D eigenvalue weighted by Crippen LogP contribution is -2.25. The first-order valence-corrected chi connectivity index (χ1v) is 7.79. The van der Waals surface area contributed by atoms with Gasteiger partial charge in [-0.3, -0.25) is 0 Å². The summed E-state index contributed by atoms with van der Waals surface area (Å²) < 4.78 is 0. The summed E-state index contributed by atoms with van der Waals surface area (Å²) >= 11 is 0. The molecule has 2 nitrogen and oxygen atoms in total. The summed E-state index contributed by atoms with van der Waals surface area (Å²) in [4.78, 5) is 0. The van der Waals surface area contributed by atoms with E-state index in [2.05, 4.69) is 48.5 Å². The maximum atomic E-state index is 10.5. The molecule has 0 amide bonds. The van der Waals surface area contributed by atoms with Gasteiger partial charge in [0.15, 0.2) is 0 Å². The van der Waals surface area contributed by atoms with Crippen LogP contribution in [-0.4, -0.2) is 16.3 Å². The first kappa shape index (κ1) is 12.4. The largest absolute Gasteiger partial charge is 0.390 e. The minimum atomic E-state index is -0.784. The summed E-state index contributed by atoms with van der Waals surface area (Å²) in [6.45, 7) is 0. The second-order valence-corrected chi connectivity index (χ2v) is 6.36. The highest BCUT2D eigenvalue weighted by Crippen LogP contribution is 2.42. The van der Waals surface area contributed by atoms with Gasteiger partial charge in [-0.05, 0) is 56.3 Å². The monoisotopic (exact) mass is 288 g/mol. The quantitative estimate of drug-likeness (QED) is 0.481. The van der Waals surface area contributed by atoms with Crippen LogP contribution in [0.15, 0.2) is 48.5 Å². The van der Waals surface area contributed by atoms with Crippen LogP contribution >= 0.6 is 0 Å². The van der Waals surface area contributed by atoms with Crippen LogP contribution in [0.4, 0.5) is 0 Å². The number of hydrogen-bond donors (Lipinski definition) is 2. The van der Waals surface area contributed by atoms with Gasteiger partial charge < -0.3 is 10.2 Å². The van der Waals surface area contributed by atoms with Crippen molar-refractivity contribution in [3.05, 3.63) is 59.7 Å². The lowest BCUT2D eigenvalue weighted by Gasteiger charge is -2.29. The molecule has 0 fully saturated rings. The van der Waals surface area contributed by atoms with Gasteiger partial charge in [-0.2, -0.15) is 0 Å². The third-order valence-electron chi connectivity index (χ3n) is 5.14. The van der Waals surface area contributed by atoms with Crippen LogP contribution in [0.25, 0.3) is 32.3 Å². The van der Waals surface area contributed by atoms with E-state index >= 15 is 0 Å². The summed E-state index contributed by atoms with van der Waals surface area (Å²) in [5.74, 6) is 0. The number of aliphatic hydroxyl groups is 2. The average molecular weight is 288 g/mol. The third-order valence-corrected chi connectivity index (χ3v) is 5.14. The summed E-state index contributed by atoms with van der Waals surface area (Å²) in [6, 6.07) is 17.1. The fourth-order valence-electron chi connectivity index (χ4n) is 4.10. The highest BCUT2D eigenvalue weighted by Gasteiger charge is 2.29. The predicted octanol–water partition coefficient (Wildman–Crippen LogP) is 3.92. The summed E-state index contributed by atoms with van der Waals surface area (Å²) in [6.07, 6.45) is 0.00498. The van der Waals surface area contributed by atoms with Crippen LogP contribution in [0, 0.1) is 0 Å². The Bertz CT molecular complexity index is 1000. The first-order chi connectivity index (χ1) is 10.7. The maximum absolute atomic E-state index is 10.5. The van der Waals surface area contributed by atoms with E-state index in [4.69, 9.17) is 0 Å². The molecule has 0 heterocycles. The molecular formula is C20H16O2. The van der Waals surface area contributed by atoms with Gasteiger partial charge in [0.05, 0.1) is 6.10 Å². The number of fused-ring (bicyclic) bond motifs is 2. The normalized spacial score (nSPS) is 21.7. The average Bonchev–Trinajstić information content (AvgIpc) is 2.55. The highest BCUT2D eigenvalue weighted by molar-refractivity contribution is 6.23. The minimum Gasteiger partial charge on any atom is -0.390 e. The SMILES string of the molecule is O[C@H]1CCc2cc3ccc4cccc5ccc(c2[C@@H]1O)c3c45. The molecular weight excluding hydrogens is 272 g/mol. The van der Waals surface area contributed by atoms with E-state index in [-0.39, 0.29) is 0 Å². The van der Waals surface area contributed by atoms with E-state index in [9.17, 15) is 10.2 Å². The van der Waals surface area contributed by atoms with E-state index in [1.165, 1.54) is 32.5 Å². The smallest absolute Gasteiger partial charge is 0.106 e. The van der Waals surface area contributed by atoms with Crippen molar-refractivity contribution >= 4 is 32.3 Å². The molecule has 0 radical (unpaired) electrons. The Kier molecular flexibility index (Phi) is 2.36. The molecule has 2 heteroatoms. The fraction of sp³-hybridized carbons (Fsp3) is 0.200. The van der Waals surface area contributed by atoms with Crippen LogP contribution in [0.3, 0.4) is 0 Å². The molecule has 0 spiro atoms. The Morgan fingerprint density at radius 1 is 0.818 bits per heavy atom.